The minimum Gasteiger partial charge on any atom is -0.544 e. The van der Waals surface area contributed by atoms with Crippen LogP contribution >= 0.6 is 0 Å². The van der Waals surface area contributed by atoms with Crippen molar-refractivity contribution in [2.24, 2.45) is 0 Å². The summed E-state index contributed by atoms with van der Waals surface area (Å²) in [6, 6.07) is -0.734. The van der Waals surface area contributed by atoms with Crippen LogP contribution in [0.4, 0.5) is 0 Å². The van der Waals surface area contributed by atoms with E-state index < -0.39 is 18.1 Å². The maximum absolute atomic E-state index is 12.7. The molecule has 0 radical (unpaired) electrons. The first-order valence-electron chi connectivity index (χ1n) is 23.0. The molecule has 2 atom stereocenters. The number of quaternary nitrogens is 1. The van der Waals surface area contributed by atoms with Crippen LogP contribution in [0.25, 0.3) is 0 Å². The van der Waals surface area contributed by atoms with Gasteiger partial charge in [0.15, 0.2) is 6.10 Å². The Morgan fingerprint density at radius 3 is 1.43 bits per heavy atom. The number of carboxylic acid groups (broad SMARTS) is 1. The fourth-order valence-corrected chi connectivity index (χ4v) is 6.27. The van der Waals surface area contributed by atoms with Gasteiger partial charge in [-0.15, -0.1) is 0 Å². The number of likely N-dealkylation sites (N-methyl/N-ethyl adjacent to an activating group) is 1. The van der Waals surface area contributed by atoms with Crippen molar-refractivity contribution >= 4 is 17.9 Å². The Labute approximate surface area is 355 Å². The molecule has 2 unspecified atom stereocenters. The average Bonchev–Trinajstić information content (AvgIpc) is 3.18. The van der Waals surface area contributed by atoms with Crippen LogP contribution in [0, 0.1) is 0 Å². The summed E-state index contributed by atoms with van der Waals surface area (Å²) in [5.74, 6) is -1.78. The molecule has 8 heteroatoms. The van der Waals surface area contributed by atoms with Crippen LogP contribution < -0.4 is 5.11 Å². The summed E-state index contributed by atoms with van der Waals surface area (Å²) in [6.45, 7) is 4.48. The van der Waals surface area contributed by atoms with Crippen LogP contribution in [0.2, 0.25) is 0 Å². The van der Waals surface area contributed by atoms with Crippen molar-refractivity contribution in [3.63, 3.8) is 0 Å². The Kier molecular flexibility index (Phi) is 38.3. The molecule has 0 rings (SSSR count). The zero-order valence-corrected chi connectivity index (χ0v) is 37.7. The van der Waals surface area contributed by atoms with Crippen LogP contribution in [-0.2, 0) is 28.6 Å². The molecule has 0 saturated heterocycles. The SMILES string of the molecule is CC/C=C\C/C=C\C/C=C\C/C=C\CCCCCCCCC(=O)OC(COCCC(C(=O)[O-])[N+](C)(C)C)COC(=O)CCCCCCC/C=C\C/C=C\CCCCC. The highest BCUT2D eigenvalue weighted by molar-refractivity contribution is 5.70. The molecule has 0 aliphatic rings. The number of aliphatic carboxylic acids is 1. The van der Waals surface area contributed by atoms with Gasteiger partial charge in [-0.2, -0.15) is 0 Å². The second-order valence-corrected chi connectivity index (χ2v) is 16.3. The molecule has 0 fully saturated rings. The molecule has 332 valence electrons. The lowest BCUT2D eigenvalue weighted by Crippen LogP contribution is -2.55. The van der Waals surface area contributed by atoms with E-state index in [-0.39, 0.29) is 42.7 Å². The molecule has 0 aliphatic heterocycles. The number of ether oxygens (including phenoxy) is 3. The second kappa shape index (κ2) is 40.5. The third-order valence-electron chi connectivity index (χ3n) is 9.83. The summed E-state index contributed by atoms with van der Waals surface area (Å²) < 4.78 is 17.2. The fourth-order valence-electron chi connectivity index (χ4n) is 6.27. The van der Waals surface area contributed by atoms with E-state index in [0.29, 0.717) is 12.8 Å². The quantitative estimate of drug-likeness (QED) is 0.0263. The van der Waals surface area contributed by atoms with Crippen molar-refractivity contribution in [1.82, 2.24) is 0 Å². The molecule has 8 nitrogen and oxygen atoms in total. The average molecular weight is 812 g/mol. The first kappa shape index (κ1) is 54.8. The molecule has 0 amide bonds. The molecule has 0 aromatic heterocycles. The van der Waals surface area contributed by atoms with Crippen molar-refractivity contribution in [3.8, 4) is 0 Å². The number of carbonyl (C=O) groups is 3. The van der Waals surface area contributed by atoms with Crippen LogP contribution in [0.5, 0.6) is 0 Å². The number of carboxylic acids is 1. The predicted octanol–water partition coefficient (Wildman–Crippen LogP) is 11.4. The summed E-state index contributed by atoms with van der Waals surface area (Å²) in [6.07, 6.45) is 50.6. The number of allylic oxidation sites excluding steroid dienone is 12. The lowest BCUT2D eigenvalue weighted by Gasteiger charge is -2.34. The third-order valence-corrected chi connectivity index (χ3v) is 9.83. The number of nitrogens with zero attached hydrogens (tertiary/aromatic N) is 1. The number of hydrogen-bond acceptors (Lipinski definition) is 7. The van der Waals surface area contributed by atoms with Crippen LogP contribution in [0.1, 0.15) is 174 Å². The molecule has 0 aliphatic carbocycles. The molecular formula is C50H85NO7. The summed E-state index contributed by atoms with van der Waals surface area (Å²) >= 11 is 0. The lowest BCUT2D eigenvalue weighted by molar-refractivity contribution is -0.889. The number of carbonyl (C=O) groups excluding carboxylic acids is 3. The molecule has 0 saturated carbocycles. The van der Waals surface area contributed by atoms with Gasteiger partial charge in [0.05, 0.1) is 40.3 Å². The highest BCUT2D eigenvalue weighted by Crippen LogP contribution is 2.13. The Balaban J connectivity index is 4.38. The van der Waals surface area contributed by atoms with Crippen molar-refractivity contribution in [1.29, 1.82) is 0 Å². The van der Waals surface area contributed by atoms with Gasteiger partial charge in [-0.3, -0.25) is 9.59 Å². The van der Waals surface area contributed by atoms with Gasteiger partial charge in [-0.1, -0.05) is 145 Å². The van der Waals surface area contributed by atoms with E-state index >= 15 is 0 Å². The van der Waals surface area contributed by atoms with E-state index in [9.17, 15) is 19.5 Å². The van der Waals surface area contributed by atoms with Gasteiger partial charge in [0, 0.05) is 19.3 Å². The Bertz CT molecular complexity index is 1180. The maximum atomic E-state index is 12.7. The largest absolute Gasteiger partial charge is 0.544 e. The van der Waals surface area contributed by atoms with Gasteiger partial charge < -0.3 is 28.6 Å². The van der Waals surface area contributed by atoms with E-state index in [0.717, 1.165) is 103 Å². The van der Waals surface area contributed by atoms with E-state index in [2.05, 4.69) is 86.8 Å². The minimum atomic E-state index is -1.13. The van der Waals surface area contributed by atoms with Crippen LogP contribution in [-0.4, -0.2) is 75.5 Å². The number of unbranched alkanes of at least 4 members (excludes halogenated alkanes) is 14. The zero-order chi connectivity index (χ0) is 42.8. The van der Waals surface area contributed by atoms with Crippen molar-refractivity contribution in [2.75, 3.05) is 41.0 Å². The van der Waals surface area contributed by atoms with Crippen molar-refractivity contribution in [2.45, 2.75) is 187 Å². The molecule has 0 aromatic carbocycles. The summed E-state index contributed by atoms with van der Waals surface area (Å²) in [4.78, 5) is 36.9. The van der Waals surface area contributed by atoms with Gasteiger partial charge in [0.2, 0.25) is 0 Å². The maximum Gasteiger partial charge on any atom is 0.306 e. The number of hydrogen-bond donors (Lipinski definition) is 0. The lowest BCUT2D eigenvalue weighted by atomic mass is 10.1. The van der Waals surface area contributed by atoms with Crippen LogP contribution in [0.3, 0.4) is 0 Å². The van der Waals surface area contributed by atoms with E-state index in [4.69, 9.17) is 14.2 Å². The standard InChI is InChI=1S/C50H85NO7/c1-6-8-10-12-14-16-18-20-22-23-24-25-27-29-31-33-35-37-39-41-49(53)58-46(44-56-43-42-47(50(54)55)51(3,4)5)45-57-48(52)40-38-36-34-32-30-28-26-21-19-17-15-13-11-9-7-2/h8,10,14-17,20-22,24-26,46-47H,6-7,9,11-13,18-19,23,27-45H2,1-5H3/b10-8-,16-14-,17-15-,22-20-,25-24-,26-21-. The first-order chi connectivity index (χ1) is 28.1. The van der Waals surface area contributed by atoms with Crippen molar-refractivity contribution in [3.05, 3.63) is 72.9 Å². The Hall–Kier alpha value is -3.23. The first-order valence-corrected chi connectivity index (χ1v) is 23.0. The van der Waals surface area contributed by atoms with Gasteiger partial charge in [-0.25, -0.2) is 0 Å². The van der Waals surface area contributed by atoms with Crippen molar-refractivity contribution < 1.29 is 38.2 Å². The topological polar surface area (TPSA) is 102 Å². The van der Waals surface area contributed by atoms with Gasteiger partial charge in [0.1, 0.15) is 12.6 Å². The molecule has 0 bridgehead atoms. The smallest absolute Gasteiger partial charge is 0.306 e. The number of esters is 2. The normalized spacial score (nSPS) is 13.6. The molecule has 0 aromatic rings. The summed E-state index contributed by atoms with van der Waals surface area (Å²) in [5.41, 5.74) is 0. The molecule has 0 heterocycles. The molecule has 0 N–H and O–H groups in total. The minimum absolute atomic E-state index is 0.0267. The summed E-state index contributed by atoms with van der Waals surface area (Å²) in [7, 11) is 5.39. The van der Waals surface area contributed by atoms with E-state index in [1.165, 1.54) is 38.5 Å². The molecule has 58 heavy (non-hydrogen) atoms. The van der Waals surface area contributed by atoms with E-state index in [1.54, 1.807) is 21.1 Å². The number of rotatable bonds is 40. The molecule has 0 spiro atoms. The Morgan fingerprint density at radius 2 is 0.966 bits per heavy atom. The Morgan fingerprint density at radius 1 is 0.534 bits per heavy atom. The molecular weight excluding hydrogens is 727 g/mol. The third kappa shape index (κ3) is 38.3. The van der Waals surface area contributed by atoms with Gasteiger partial charge in [-0.05, 0) is 83.5 Å². The van der Waals surface area contributed by atoms with Gasteiger partial charge in [0.25, 0.3) is 0 Å². The highest BCUT2D eigenvalue weighted by atomic mass is 16.6. The monoisotopic (exact) mass is 812 g/mol. The van der Waals surface area contributed by atoms with E-state index in [1.807, 2.05) is 0 Å². The highest BCUT2D eigenvalue weighted by Gasteiger charge is 2.25. The second-order valence-electron chi connectivity index (χ2n) is 16.3. The van der Waals surface area contributed by atoms with Gasteiger partial charge >= 0.3 is 11.9 Å². The summed E-state index contributed by atoms with van der Waals surface area (Å²) in [5, 5.41) is 11.6. The fraction of sp³-hybridized carbons (Fsp3) is 0.700. The van der Waals surface area contributed by atoms with Crippen LogP contribution in [0.15, 0.2) is 72.9 Å². The predicted molar refractivity (Wildman–Crippen MR) is 240 cm³/mol. The zero-order valence-electron chi connectivity index (χ0n) is 37.7.